The number of nitrogens with one attached hydrogen (secondary N) is 1. The number of rotatable bonds is 2. The first kappa shape index (κ1) is 13.7. The number of carbonyl (C=O) groups is 1. The number of pyridine rings is 2. The van der Waals surface area contributed by atoms with E-state index in [1.165, 1.54) is 0 Å². The second-order valence-electron chi connectivity index (χ2n) is 5.24. The largest absolute Gasteiger partial charge is 0.489 e. The zero-order valence-electron chi connectivity index (χ0n) is 12.6. The quantitative estimate of drug-likeness (QED) is 0.782. The standard InChI is InChI=1S/C16H15N5O2/c1-2-13-19-14-10(3-6-18-15(14)20-13)16(22)21-7-8-23-12-4-5-17-9-11(12)21/h3-6,9H,2,7-8H2,1H3,(H,18,19,20). The van der Waals surface area contributed by atoms with Crippen molar-refractivity contribution in [3.05, 3.63) is 42.1 Å². The molecule has 0 saturated heterocycles. The van der Waals surface area contributed by atoms with Crippen molar-refractivity contribution in [3.8, 4) is 5.75 Å². The highest BCUT2D eigenvalue weighted by atomic mass is 16.5. The number of anilines is 1. The molecular weight excluding hydrogens is 294 g/mol. The number of amides is 1. The Morgan fingerprint density at radius 3 is 3.17 bits per heavy atom. The van der Waals surface area contributed by atoms with Gasteiger partial charge < -0.3 is 14.6 Å². The number of hydrogen-bond donors (Lipinski definition) is 1. The van der Waals surface area contributed by atoms with Crippen molar-refractivity contribution < 1.29 is 9.53 Å². The molecule has 3 aromatic rings. The normalized spacial score (nSPS) is 13.7. The number of nitrogens with zero attached hydrogens (tertiary/aromatic N) is 4. The van der Waals surface area contributed by atoms with Crippen molar-refractivity contribution in [2.45, 2.75) is 13.3 Å². The molecule has 1 aliphatic heterocycles. The van der Waals surface area contributed by atoms with Crippen molar-refractivity contribution in [3.63, 3.8) is 0 Å². The summed E-state index contributed by atoms with van der Waals surface area (Å²) in [5, 5.41) is 0. The monoisotopic (exact) mass is 309 g/mol. The van der Waals surface area contributed by atoms with Crippen molar-refractivity contribution in [1.82, 2.24) is 19.9 Å². The summed E-state index contributed by atoms with van der Waals surface area (Å²) in [6.45, 7) is 2.94. The average molecular weight is 309 g/mol. The molecule has 1 N–H and O–H groups in total. The van der Waals surface area contributed by atoms with Crippen molar-refractivity contribution in [2.24, 2.45) is 0 Å². The lowest BCUT2D eigenvalue weighted by Crippen LogP contribution is -2.38. The van der Waals surface area contributed by atoms with E-state index in [1.807, 2.05) is 6.92 Å². The predicted octanol–water partition coefficient (Wildman–Crippen LogP) is 1.95. The first-order valence-electron chi connectivity index (χ1n) is 7.50. The summed E-state index contributed by atoms with van der Waals surface area (Å²) in [6.07, 6.45) is 5.67. The third kappa shape index (κ3) is 2.21. The van der Waals surface area contributed by atoms with Gasteiger partial charge in [0.25, 0.3) is 5.91 Å². The van der Waals surface area contributed by atoms with Gasteiger partial charge in [-0.15, -0.1) is 0 Å². The molecule has 0 bridgehead atoms. The third-order valence-electron chi connectivity index (χ3n) is 3.88. The summed E-state index contributed by atoms with van der Waals surface area (Å²) >= 11 is 0. The van der Waals surface area contributed by atoms with Crippen LogP contribution in [0.1, 0.15) is 23.1 Å². The molecule has 1 aliphatic rings. The Balaban J connectivity index is 1.80. The lowest BCUT2D eigenvalue weighted by Gasteiger charge is -2.29. The topological polar surface area (TPSA) is 84.0 Å². The highest BCUT2D eigenvalue weighted by Gasteiger charge is 2.26. The molecule has 7 heteroatoms. The van der Waals surface area contributed by atoms with Gasteiger partial charge in [0, 0.05) is 24.9 Å². The molecule has 0 spiro atoms. The second-order valence-corrected chi connectivity index (χ2v) is 5.24. The number of aromatic nitrogens is 4. The molecule has 0 fully saturated rings. The van der Waals surface area contributed by atoms with Gasteiger partial charge in [-0.25, -0.2) is 9.97 Å². The summed E-state index contributed by atoms with van der Waals surface area (Å²) in [4.78, 5) is 30.6. The number of hydrogen-bond acceptors (Lipinski definition) is 5. The van der Waals surface area contributed by atoms with E-state index in [1.54, 1.807) is 35.6 Å². The van der Waals surface area contributed by atoms with Gasteiger partial charge in [0.2, 0.25) is 0 Å². The number of ether oxygens (including phenoxy) is 1. The molecule has 3 aromatic heterocycles. The van der Waals surface area contributed by atoms with E-state index < -0.39 is 0 Å². The number of imidazole rings is 1. The summed E-state index contributed by atoms with van der Waals surface area (Å²) in [6, 6.07) is 3.48. The average Bonchev–Trinajstić information content (AvgIpc) is 3.04. The Morgan fingerprint density at radius 2 is 2.30 bits per heavy atom. The van der Waals surface area contributed by atoms with Crippen LogP contribution in [0.2, 0.25) is 0 Å². The number of aromatic amines is 1. The fourth-order valence-electron chi connectivity index (χ4n) is 2.73. The van der Waals surface area contributed by atoms with Crippen LogP contribution in [-0.4, -0.2) is 39.0 Å². The first-order valence-corrected chi connectivity index (χ1v) is 7.50. The minimum atomic E-state index is -0.110. The van der Waals surface area contributed by atoms with E-state index in [9.17, 15) is 4.79 Å². The van der Waals surface area contributed by atoms with E-state index in [0.717, 1.165) is 12.2 Å². The van der Waals surface area contributed by atoms with Gasteiger partial charge in [-0.1, -0.05) is 6.92 Å². The molecule has 4 rings (SSSR count). The van der Waals surface area contributed by atoms with Crippen LogP contribution in [0.25, 0.3) is 11.2 Å². The predicted molar refractivity (Wildman–Crippen MR) is 84.7 cm³/mol. The first-order chi connectivity index (χ1) is 11.3. The summed E-state index contributed by atoms with van der Waals surface area (Å²) in [7, 11) is 0. The molecule has 0 saturated carbocycles. The highest BCUT2D eigenvalue weighted by molar-refractivity contribution is 6.12. The van der Waals surface area contributed by atoms with E-state index in [2.05, 4.69) is 19.9 Å². The van der Waals surface area contributed by atoms with Gasteiger partial charge in [0.05, 0.1) is 23.8 Å². The molecule has 116 valence electrons. The summed E-state index contributed by atoms with van der Waals surface area (Å²) in [5.41, 5.74) is 2.47. The van der Waals surface area contributed by atoms with Gasteiger partial charge in [0.15, 0.2) is 5.65 Å². The van der Waals surface area contributed by atoms with Gasteiger partial charge in [0.1, 0.15) is 23.9 Å². The maximum absolute atomic E-state index is 13.0. The van der Waals surface area contributed by atoms with Gasteiger partial charge in [-0.3, -0.25) is 9.78 Å². The molecule has 7 nitrogen and oxygen atoms in total. The lowest BCUT2D eigenvalue weighted by molar-refractivity contribution is 0.0978. The minimum Gasteiger partial charge on any atom is -0.489 e. The van der Waals surface area contributed by atoms with E-state index >= 15 is 0 Å². The van der Waals surface area contributed by atoms with Crippen LogP contribution in [0, 0.1) is 0 Å². The molecule has 0 atom stereocenters. The zero-order valence-corrected chi connectivity index (χ0v) is 12.6. The number of fused-ring (bicyclic) bond motifs is 2. The van der Waals surface area contributed by atoms with E-state index in [-0.39, 0.29) is 5.91 Å². The second kappa shape index (κ2) is 5.35. The maximum atomic E-state index is 13.0. The molecule has 0 radical (unpaired) electrons. The van der Waals surface area contributed by atoms with Crippen LogP contribution in [0.4, 0.5) is 5.69 Å². The smallest absolute Gasteiger partial charge is 0.260 e. The van der Waals surface area contributed by atoms with Crippen molar-refractivity contribution >= 4 is 22.8 Å². The van der Waals surface area contributed by atoms with Gasteiger partial charge >= 0.3 is 0 Å². The van der Waals surface area contributed by atoms with E-state index in [0.29, 0.717) is 41.3 Å². The fraction of sp³-hybridized carbons (Fsp3) is 0.250. The SMILES string of the molecule is CCc1nc2nccc(C(=O)N3CCOc4ccncc43)c2[nH]1. The molecule has 4 heterocycles. The highest BCUT2D eigenvalue weighted by Crippen LogP contribution is 2.31. The Bertz CT molecular complexity index is 889. The van der Waals surface area contributed by atoms with Crippen molar-refractivity contribution in [2.75, 3.05) is 18.1 Å². The Labute approximate surface area is 132 Å². The van der Waals surface area contributed by atoms with Crippen LogP contribution in [0.5, 0.6) is 5.75 Å². The van der Waals surface area contributed by atoms with Crippen LogP contribution < -0.4 is 9.64 Å². The molecule has 23 heavy (non-hydrogen) atoms. The van der Waals surface area contributed by atoms with Crippen LogP contribution in [0.15, 0.2) is 30.7 Å². The Kier molecular flexibility index (Phi) is 3.18. The van der Waals surface area contributed by atoms with Crippen molar-refractivity contribution in [1.29, 1.82) is 0 Å². The fourth-order valence-corrected chi connectivity index (χ4v) is 2.73. The Morgan fingerprint density at radius 1 is 1.39 bits per heavy atom. The van der Waals surface area contributed by atoms with Gasteiger partial charge in [-0.2, -0.15) is 0 Å². The zero-order chi connectivity index (χ0) is 15.8. The number of H-pyrrole nitrogens is 1. The molecule has 0 unspecified atom stereocenters. The number of aryl methyl sites for hydroxylation is 1. The molecular formula is C16H15N5O2. The van der Waals surface area contributed by atoms with Gasteiger partial charge in [-0.05, 0) is 6.07 Å². The summed E-state index contributed by atoms with van der Waals surface area (Å²) < 4.78 is 5.58. The minimum absolute atomic E-state index is 0.110. The van der Waals surface area contributed by atoms with Crippen LogP contribution in [-0.2, 0) is 6.42 Å². The third-order valence-corrected chi connectivity index (χ3v) is 3.88. The van der Waals surface area contributed by atoms with Crippen LogP contribution in [0.3, 0.4) is 0 Å². The molecule has 0 aromatic carbocycles. The Hall–Kier alpha value is -2.96. The lowest BCUT2D eigenvalue weighted by atomic mass is 10.2. The summed E-state index contributed by atoms with van der Waals surface area (Å²) in [5.74, 6) is 1.38. The van der Waals surface area contributed by atoms with E-state index in [4.69, 9.17) is 4.74 Å². The number of carbonyl (C=O) groups excluding carboxylic acids is 1. The maximum Gasteiger partial charge on any atom is 0.260 e. The molecule has 1 amide bonds. The molecule has 0 aliphatic carbocycles. The van der Waals surface area contributed by atoms with Crippen LogP contribution >= 0.6 is 0 Å².